The molecular formula is C10H15NO2S. The monoisotopic (exact) mass is 213 g/mol. The predicted molar refractivity (Wildman–Crippen MR) is 57.8 cm³/mol. The van der Waals surface area contributed by atoms with Gasteiger partial charge in [-0.15, -0.1) is 11.3 Å². The van der Waals surface area contributed by atoms with E-state index >= 15 is 0 Å². The SMILES string of the molecule is Cc1cc(C(=O)NC(C)CO)c(C)s1. The maximum atomic E-state index is 11.6. The van der Waals surface area contributed by atoms with E-state index in [9.17, 15) is 4.79 Å². The number of rotatable bonds is 3. The molecule has 0 saturated heterocycles. The lowest BCUT2D eigenvalue weighted by Gasteiger charge is -2.09. The van der Waals surface area contributed by atoms with Gasteiger partial charge in [-0.3, -0.25) is 4.79 Å². The fourth-order valence-corrected chi connectivity index (χ4v) is 2.12. The van der Waals surface area contributed by atoms with Crippen LogP contribution in [0.1, 0.15) is 27.0 Å². The van der Waals surface area contributed by atoms with Gasteiger partial charge in [0.25, 0.3) is 5.91 Å². The van der Waals surface area contributed by atoms with Crippen molar-refractivity contribution in [2.45, 2.75) is 26.8 Å². The molecule has 1 rings (SSSR count). The summed E-state index contributed by atoms with van der Waals surface area (Å²) in [6.45, 7) is 5.64. The number of hydrogen-bond acceptors (Lipinski definition) is 3. The summed E-state index contributed by atoms with van der Waals surface area (Å²) in [5.41, 5.74) is 0.716. The molecule has 3 nitrogen and oxygen atoms in total. The van der Waals surface area contributed by atoms with Gasteiger partial charge in [0.2, 0.25) is 0 Å². The number of amides is 1. The van der Waals surface area contributed by atoms with Gasteiger partial charge in [0.15, 0.2) is 0 Å². The predicted octanol–water partition coefficient (Wildman–Crippen LogP) is 1.48. The largest absolute Gasteiger partial charge is 0.394 e. The first-order chi connectivity index (χ1) is 6.54. The highest BCUT2D eigenvalue weighted by atomic mass is 32.1. The van der Waals surface area contributed by atoms with Crippen molar-refractivity contribution in [3.63, 3.8) is 0 Å². The van der Waals surface area contributed by atoms with Crippen LogP contribution in [-0.4, -0.2) is 23.7 Å². The molecule has 1 aromatic rings. The summed E-state index contributed by atoms with van der Waals surface area (Å²) >= 11 is 1.61. The van der Waals surface area contributed by atoms with Gasteiger partial charge < -0.3 is 10.4 Å². The summed E-state index contributed by atoms with van der Waals surface area (Å²) in [7, 11) is 0. The summed E-state index contributed by atoms with van der Waals surface area (Å²) in [6.07, 6.45) is 0. The van der Waals surface area contributed by atoms with Crippen molar-refractivity contribution >= 4 is 17.2 Å². The highest BCUT2D eigenvalue weighted by Gasteiger charge is 2.13. The Morgan fingerprint density at radius 2 is 2.29 bits per heavy atom. The molecule has 1 amide bonds. The van der Waals surface area contributed by atoms with Crippen molar-refractivity contribution in [1.29, 1.82) is 0 Å². The molecule has 1 atom stereocenters. The van der Waals surface area contributed by atoms with Crippen LogP contribution in [0, 0.1) is 13.8 Å². The number of carbonyl (C=O) groups is 1. The van der Waals surface area contributed by atoms with Crippen molar-refractivity contribution in [2.75, 3.05) is 6.61 Å². The van der Waals surface area contributed by atoms with E-state index in [1.807, 2.05) is 19.9 Å². The van der Waals surface area contributed by atoms with Crippen LogP contribution < -0.4 is 5.32 Å². The fraction of sp³-hybridized carbons (Fsp3) is 0.500. The van der Waals surface area contributed by atoms with E-state index in [1.54, 1.807) is 18.3 Å². The average Bonchev–Trinajstić information content (AvgIpc) is 2.45. The van der Waals surface area contributed by atoms with Gasteiger partial charge in [-0.25, -0.2) is 0 Å². The molecule has 0 aliphatic rings. The van der Waals surface area contributed by atoms with Crippen LogP contribution in [0.5, 0.6) is 0 Å². The number of nitrogens with one attached hydrogen (secondary N) is 1. The summed E-state index contributed by atoms with van der Waals surface area (Å²) in [4.78, 5) is 13.8. The fourth-order valence-electron chi connectivity index (χ4n) is 1.20. The van der Waals surface area contributed by atoms with Gasteiger partial charge in [-0.2, -0.15) is 0 Å². The van der Waals surface area contributed by atoms with E-state index in [4.69, 9.17) is 5.11 Å². The number of hydrogen-bond donors (Lipinski definition) is 2. The van der Waals surface area contributed by atoms with Crippen LogP contribution in [-0.2, 0) is 0 Å². The highest BCUT2D eigenvalue weighted by molar-refractivity contribution is 7.12. The lowest BCUT2D eigenvalue weighted by atomic mass is 10.2. The topological polar surface area (TPSA) is 49.3 Å². The zero-order chi connectivity index (χ0) is 10.7. The van der Waals surface area contributed by atoms with Gasteiger partial charge in [0, 0.05) is 15.8 Å². The molecule has 1 heterocycles. The minimum atomic E-state index is -0.192. The smallest absolute Gasteiger partial charge is 0.252 e. The molecule has 0 radical (unpaired) electrons. The molecule has 0 aliphatic heterocycles. The molecule has 0 fully saturated rings. The van der Waals surface area contributed by atoms with Crippen molar-refractivity contribution in [3.05, 3.63) is 21.4 Å². The molecule has 78 valence electrons. The van der Waals surface area contributed by atoms with Gasteiger partial charge in [0.1, 0.15) is 0 Å². The van der Waals surface area contributed by atoms with Crippen molar-refractivity contribution < 1.29 is 9.90 Å². The Kier molecular flexibility index (Phi) is 3.66. The second kappa shape index (κ2) is 4.57. The second-order valence-corrected chi connectivity index (χ2v) is 4.84. The number of thiophene rings is 1. The van der Waals surface area contributed by atoms with Crippen LogP contribution in [0.2, 0.25) is 0 Å². The summed E-state index contributed by atoms with van der Waals surface area (Å²) in [5, 5.41) is 11.5. The molecule has 1 aromatic heterocycles. The third kappa shape index (κ3) is 2.56. The lowest BCUT2D eigenvalue weighted by molar-refractivity contribution is 0.0922. The third-order valence-electron chi connectivity index (χ3n) is 1.94. The van der Waals surface area contributed by atoms with Crippen LogP contribution in [0.15, 0.2) is 6.07 Å². The molecule has 2 N–H and O–H groups in total. The first-order valence-corrected chi connectivity index (χ1v) is 5.35. The number of aliphatic hydroxyl groups excluding tert-OH is 1. The van der Waals surface area contributed by atoms with E-state index in [1.165, 1.54) is 0 Å². The zero-order valence-corrected chi connectivity index (χ0v) is 9.44. The standard InChI is InChI=1S/C10H15NO2S/c1-6(5-12)11-10(13)9-4-7(2)14-8(9)3/h4,6,12H,5H2,1-3H3,(H,11,13). The Balaban J connectivity index is 2.74. The molecule has 4 heteroatoms. The van der Waals surface area contributed by atoms with Crippen LogP contribution >= 0.6 is 11.3 Å². The molecule has 0 aliphatic carbocycles. The van der Waals surface area contributed by atoms with E-state index in [2.05, 4.69) is 5.32 Å². The Morgan fingerprint density at radius 3 is 2.71 bits per heavy atom. The summed E-state index contributed by atoms with van der Waals surface area (Å²) in [6, 6.07) is 1.68. The van der Waals surface area contributed by atoms with Crippen molar-refractivity contribution in [2.24, 2.45) is 0 Å². The van der Waals surface area contributed by atoms with Gasteiger partial charge >= 0.3 is 0 Å². The van der Waals surface area contributed by atoms with Crippen LogP contribution in [0.4, 0.5) is 0 Å². The maximum absolute atomic E-state index is 11.6. The van der Waals surface area contributed by atoms with Crippen LogP contribution in [0.3, 0.4) is 0 Å². The van der Waals surface area contributed by atoms with Gasteiger partial charge in [0.05, 0.1) is 12.2 Å². The molecule has 1 unspecified atom stereocenters. The number of aliphatic hydroxyl groups is 1. The number of aryl methyl sites for hydroxylation is 2. The van der Waals surface area contributed by atoms with E-state index in [0.717, 1.165) is 9.75 Å². The minimum Gasteiger partial charge on any atom is -0.394 e. The first-order valence-electron chi connectivity index (χ1n) is 4.53. The lowest BCUT2D eigenvalue weighted by Crippen LogP contribution is -2.35. The quantitative estimate of drug-likeness (QED) is 0.799. The zero-order valence-electron chi connectivity index (χ0n) is 8.63. The van der Waals surface area contributed by atoms with Crippen LogP contribution in [0.25, 0.3) is 0 Å². The molecule has 0 spiro atoms. The maximum Gasteiger partial charge on any atom is 0.252 e. The summed E-state index contributed by atoms with van der Waals surface area (Å²) < 4.78 is 0. The Morgan fingerprint density at radius 1 is 1.64 bits per heavy atom. The van der Waals surface area contributed by atoms with E-state index in [-0.39, 0.29) is 18.6 Å². The average molecular weight is 213 g/mol. The Labute approximate surface area is 87.8 Å². The molecular weight excluding hydrogens is 198 g/mol. The number of carbonyl (C=O) groups excluding carboxylic acids is 1. The molecule has 0 saturated carbocycles. The van der Waals surface area contributed by atoms with Gasteiger partial charge in [-0.1, -0.05) is 0 Å². The molecule has 14 heavy (non-hydrogen) atoms. The molecule has 0 aromatic carbocycles. The van der Waals surface area contributed by atoms with E-state index < -0.39 is 0 Å². The highest BCUT2D eigenvalue weighted by Crippen LogP contribution is 2.20. The second-order valence-electron chi connectivity index (χ2n) is 3.38. The molecule has 0 bridgehead atoms. The van der Waals surface area contributed by atoms with E-state index in [0.29, 0.717) is 5.56 Å². The normalized spacial score (nSPS) is 12.6. The first kappa shape index (κ1) is 11.2. The van der Waals surface area contributed by atoms with Crippen molar-refractivity contribution in [1.82, 2.24) is 5.32 Å². The Bertz CT molecular complexity index is 333. The summed E-state index contributed by atoms with van der Waals surface area (Å²) in [5.74, 6) is -0.103. The third-order valence-corrected chi connectivity index (χ3v) is 2.90. The van der Waals surface area contributed by atoms with Gasteiger partial charge in [-0.05, 0) is 26.8 Å². The Hall–Kier alpha value is -0.870. The van der Waals surface area contributed by atoms with Crippen molar-refractivity contribution in [3.8, 4) is 0 Å². The minimum absolute atomic E-state index is 0.0338.